The van der Waals surface area contributed by atoms with Crippen LogP contribution in [-0.4, -0.2) is 0 Å². The van der Waals surface area contributed by atoms with E-state index in [0.717, 1.165) is 17.1 Å². The van der Waals surface area contributed by atoms with E-state index in [4.69, 9.17) is 0 Å². The molecule has 0 aliphatic rings. The molecule has 0 saturated carbocycles. The molecule has 0 unspecified atom stereocenters. The van der Waals surface area contributed by atoms with Crippen LogP contribution >= 0.6 is 0 Å². The molecule has 0 fully saturated rings. The third-order valence-corrected chi connectivity index (χ3v) is 12.1. The van der Waals surface area contributed by atoms with Gasteiger partial charge in [0.25, 0.3) is 0 Å². The Labute approximate surface area is 357 Å². The summed E-state index contributed by atoms with van der Waals surface area (Å²) in [5.74, 6) is 0. The molecule has 0 heterocycles. The minimum absolute atomic E-state index is 1.09. The molecule has 61 heavy (non-hydrogen) atoms. The third-order valence-electron chi connectivity index (χ3n) is 12.1. The van der Waals surface area contributed by atoms with Crippen LogP contribution in [0.3, 0.4) is 0 Å². The molecule has 0 aromatic heterocycles. The zero-order valence-corrected chi connectivity index (χ0v) is 33.6. The molecule has 0 N–H and O–H groups in total. The monoisotopic (exact) mass is 775 g/mol. The van der Waals surface area contributed by atoms with Crippen LogP contribution in [0.25, 0.3) is 88.0 Å². The molecular weight excluding hydrogens is 735 g/mol. The van der Waals surface area contributed by atoms with Gasteiger partial charge in [0.2, 0.25) is 0 Å². The van der Waals surface area contributed by atoms with Gasteiger partial charge in [-0.05, 0) is 130 Å². The van der Waals surface area contributed by atoms with Gasteiger partial charge in [0.1, 0.15) is 0 Å². The summed E-state index contributed by atoms with van der Waals surface area (Å²) in [4.78, 5) is 2.39. The molecule has 11 aromatic rings. The van der Waals surface area contributed by atoms with Crippen LogP contribution in [0.2, 0.25) is 0 Å². The molecule has 286 valence electrons. The number of anilines is 3. The SMILES string of the molecule is c1ccc(-c2ccc(-c3ccc(N(c4ccc(-c5ccc6ccccc6c5-c5ccccc5)cc4)c4cccc(-c5cc6ccccc6c6ccccc56)c4)cc3)cc2)cc1. The summed E-state index contributed by atoms with van der Waals surface area (Å²) in [5.41, 5.74) is 15.4. The number of hydrogen-bond acceptors (Lipinski definition) is 1. The number of benzene rings is 11. The average Bonchev–Trinajstić information content (AvgIpc) is 3.34. The van der Waals surface area contributed by atoms with Crippen molar-refractivity contribution in [1.82, 2.24) is 0 Å². The Balaban J connectivity index is 1.02. The van der Waals surface area contributed by atoms with Crippen LogP contribution in [-0.2, 0) is 0 Å². The molecule has 11 rings (SSSR count). The Morgan fingerprint density at radius 1 is 0.213 bits per heavy atom. The molecule has 0 aliphatic carbocycles. The summed E-state index contributed by atoms with van der Waals surface area (Å²) < 4.78 is 0. The normalized spacial score (nSPS) is 11.3. The molecule has 0 spiro atoms. The van der Waals surface area contributed by atoms with Gasteiger partial charge in [-0.2, -0.15) is 0 Å². The summed E-state index contributed by atoms with van der Waals surface area (Å²) in [5, 5.41) is 7.53. The quantitative estimate of drug-likeness (QED) is 0.139. The van der Waals surface area contributed by atoms with Crippen molar-refractivity contribution in [3.63, 3.8) is 0 Å². The predicted octanol–water partition coefficient (Wildman–Crippen LogP) is 17.0. The van der Waals surface area contributed by atoms with Crippen molar-refractivity contribution < 1.29 is 0 Å². The van der Waals surface area contributed by atoms with E-state index in [9.17, 15) is 0 Å². The first kappa shape index (κ1) is 36.1. The van der Waals surface area contributed by atoms with Crippen molar-refractivity contribution in [1.29, 1.82) is 0 Å². The van der Waals surface area contributed by atoms with Gasteiger partial charge in [0, 0.05) is 17.1 Å². The second-order valence-corrected chi connectivity index (χ2v) is 15.7. The predicted molar refractivity (Wildman–Crippen MR) is 261 cm³/mol. The number of nitrogens with zero attached hydrogens (tertiary/aromatic N) is 1. The average molecular weight is 776 g/mol. The topological polar surface area (TPSA) is 3.24 Å². The smallest absolute Gasteiger partial charge is 0.0467 e. The van der Waals surface area contributed by atoms with Crippen molar-refractivity contribution in [2.75, 3.05) is 4.90 Å². The zero-order valence-electron chi connectivity index (χ0n) is 33.6. The number of hydrogen-bond donors (Lipinski definition) is 0. The summed E-state index contributed by atoms with van der Waals surface area (Å²) >= 11 is 0. The van der Waals surface area contributed by atoms with Crippen LogP contribution in [0, 0.1) is 0 Å². The van der Waals surface area contributed by atoms with Crippen LogP contribution in [0.4, 0.5) is 17.1 Å². The Hall–Kier alpha value is -8.00. The number of rotatable bonds is 8. The lowest BCUT2D eigenvalue weighted by atomic mass is 9.89. The van der Waals surface area contributed by atoms with Crippen LogP contribution in [0.5, 0.6) is 0 Å². The van der Waals surface area contributed by atoms with Gasteiger partial charge < -0.3 is 4.90 Å². The first-order valence-electron chi connectivity index (χ1n) is 21.0. The summed E-state index contributed by atoms with van der Waals surface area (Å²) in [6.07, 6.45) is 0. The lowest BCUT2D eigenvalue weighted by molar-refractivity contribution is 1.28. The lowest BCUT2D eigenvalue weighted by Crippen LogP contribution is -2.10. The standard InChI is InChI=1S/C60H41N/c1-3-14-42(15-4-1)43-26-28-44(29-27-43)45-30-35-51(36-31-45)61(53-21-13-20-49(40-53)59-41-50-19-8-9-22-54(50)57-24-11-12-25-58(57)59)52-37-32-47(33-38-52)56-39-34-46-16-7-10-23-55(46)60(56)48-17-5-2-6-18-48/h1-41H. The second-order valence-electron chi connectivity index (χ2n) is 15.7. The number of fused-ring (bicyclic) bond motifs is 4. The highest BCUT2D eigenvalue weighted by atomic mass is 15.1. The van der Waals surface area contributed by atoms with Crippen LogP contribution < -0.4 is 4.90 Å². The Morgan fingerprint density at radius 3 is 1.34 bits per heavy atom. The Kier molecular flexibility index (Phi) is 9.26. The van der Waals surface area contributed by atoms with Gasteiger partial charge in [0.15, 0.2) is 0 Å². The summed E-state index contributed by atoms with van der Waals surface area (Å²) in [6.45, 7) is 0. The van der Waals surface area contributed by atoms with Gasteiger partial charge in [-0.3, -0.25) is 0 Å². The fourth-order valence-corrected chi connectivity index (χ4v) is 9.06. The minimum atomic E-state index is 1.09. The van der Waals surface area contributed by atoms with E-state index >= 15 is 0 Å². The molecule has 11 aromatic carbocycles. The van der Waals surface area contributed by atoms with E-state index in [0.29, 0.717) is 0 Å². The highest BCUT2D eigenvalue weighted by Crippen LogP contribution is 2.43. The van der Waals surface area contributed by atoms with Crippen LogP contribution in [0.1, 0.15) is 0 Å². The van der Waals surface area contributed by atoms with E-state index in [1.54, 1.807) is 0 Å². The van der Waals surface area contributed by atoms with Crippen molar-refractivity contribution in [3.05, 3.63) is 249 Å². The molecule has 0 atom stereocenters. The molecule has 1 nitrogen and oxygen atoms in total. The maximum absolute atomic E-state index is 2.39. The molecule has 0 amide bonds. The zero-order chi connectivity index (χ0) is 40.5. The van der Waals surface area contributed by atoms with Gasteiger partial charge >= 0.3 is 0 Å². The van der Waals surface area contributed by atoms with Gasteiger partial charge in [-0.25, -0.2) is 0 Å². The van der Waals surface area contributed by atoms with Crippen molar-refractivity contribution in [3.8, 4) is 55.6 Å². The van der Waals surface area contributed by atoms with Crippen LogP contribution in [0.15, 0.2) is 249 Å². The fourth-order valence-electron chi connectivity index (χ4n) is 9.06. The van der Waals surface area contributed by atoms with Gasteiger partial charge in [-0.15, -0.1) is 0 Å². The van der Waals surface area contributed by atoms with Gasteiger partial charge in [-0.1, -0.05) is 206 Å². The Morgan fingerprint density at radius 2 is 0.689 bits per heavy atom. The molecule has 0 radical (unpaired) electrons. The fraction of sp³-hybridized carbons (Fsp3) is 0. The minimum Gasteiger partial charge on any atom is -0.310 e. The molecule has 0 saturated heterocycles. The summed E-state index contributed by atoms with van der Waals surface area (Å²) in [7, 11) is 0. The maximum Gasteiger partial charge on any atom is 0.0467 e. The largest absolute Gasteiger partial charge is 0.310 e. The van der Waals surface area contributed by atoms with E-state index in [2.05, 4.69) is 254 Å². The highest BCUT2D eigenvalue weighted by Gasteiger charge is 2.17. The first-order chi connectivity index (χ1) is 30.2. The Bertz CT molecular complexity index is 3310. The summed E-state index contributed by atoms with van der Waals surface area (Å²) in [6, 6.07) is 90.4. The van der Waals surface area contributed by atoms with E-state index in [-0.39, 0.29) is 0 Å². The maximum atomic E-state index is 2.39. The molecule has 0 bridgehead atoms. The van der Waals surface area contributed by atoms with Crippen molar-refractivity contribution in [2.45, 2.75) is 0 Å². The van der Waals surface area contributed by atoms with Gasteiger partial charge in [0.05, 0.1) is 0 Å². The molecule has 0 aliphatic heterocycles. The van der Waals surface area contributed by atoms with Crippen molar-refractivity contribution in [2.24, 2.45) is 0 Å². The second kappa shape index (κ2) is 15.6. The highest BCUT2D eigenvalue weighted by molar-refractivity contribution is 6.14. The van der Waals surface area contributed by atoms with Crippen molar-refractivity contribution >= 4 is 49.4 Å². The molecule has 1 heteroatoms. The lowest BCUT2D eigenvalue weighted by Gasteiger charge is -2.27. The first-order valence-corrected chi connectivity index (χ1v) is 21.0. The van der Waals surface area contributed by atoms with E-state index < -0.39 is 0 Å². The van der Waals surface area contributed by atoms with E-state index in [1.165, 1.54) is 88.0 Å². The van der Waals surface area contributed by atoms with E-state index in [1.807, 2.05) is 0 Å². The molecular formula is C60H41N. The third kappa shape index (κ3) is 6.83.